The molecule has 2 aromatic carbocycles. The number of amides is 2. The van der Waals surface area contributed by atoms with Gasteiger partial charge in [0.15, 0.2) is 0 Å². The first-order valence-electron chi connectivity index (χ1n) is 10.5. The quantitative estimate of drug-likeness (QED) is 0.418. The summed E-state index contributed by atoms with van der Waals surface area (Å²) in [6.07, 6.45) is 2.69. The first-order chi connectivity index (χ1) is 15.4. The molecule has 0 radical (unpaired) electrons. The molecular weight excluding hydrogens is 445 g/mol. The van der Waals surface area contributed by atoms with Crippen LogP contribution in [0.5, 0.6) is 0 Å². The Bertz CT molecular complexity index is 1070. The number of hydrogen-bond acceptors (Lipinski definition) is 2. The summed E-state index contributed by atoms with van der Waals surface area (Å²) in [5, 5.41) is 0.702. The first kappa shape index (κ1) is 23.9. The van der Waals surface area contributed by atoms with Gasteiger partial charge in [0.05, 0.1) is 16.6 Å². The van der Waals surface area contributed by atoms with E-state index in [0.29, 0.717) is 35.2 Å². The topological polar surface area (TPSA) is 45.6 Å². The van der Waals surface area contributed by atoms with Crippen LogP contribution in [-0.4, -0.2) is 39.3 Å². The van der Waals surface area contributed by atoms with E-state index in [1.807, 2.05) is 67.2 Å². The van der Waals surface area contributed by atoms with E-state index < -0.39 is 0 Å². The lowest BCUT2D eigenvalue weighted by Gasteiger charge is -2.28. The zero-order valence-electron chi connectivity index (χ0n) is 18.3. The van der Waals surface area contributed by atoms with E-state index in [9.17, 15) is 9.59 Å². The second-order valence-corrected chi connectivity index (χ2v) is 8.52. The highest BCUT2D eigenvalue weighted by molar-refractivity contribution is 6.42. The summed E-state index contributed by atoms with van der Waals surface area (Å²) in [5.74, 6) is -0.353. The van der Waals surface area contributed by atoms with Crippen molar-refractivity contribution in [3.63, 3.8) is 0 Å². The van der Waals surface area contributed by atoms with Gasteiger partial charge in [-0.1, -0.05) is 60.5 Å². The summed E-state index contributed by atoms with van der Waals surface area (Å²) >= 11 is 12.1. The third kappa shape index (κ3) is 6.15. The van der Waals surface area contributed by atoms with Crippen molar-refractivity contribution in [1.82, 2.24) is 14.4 Å². The number of aromatic nitrogens is 1. The number of aryl methyl sites for hydroxylation is 1. The summed E-state index contributed by atoms with van der Waals surface area (Å²) in [6, 6.07) is 18.6. The molecule has 0 bridgehead atoms. The van der Waals surface area contributed by atoms with Crippen molar-refractivity contribution in [3.05, 3.63) is 93.7 Å². The summed E-state index contributed by atoms with van der Waals surface area (Å²) in [5.41, 5.74) is 2.47. The molecule has 0 aliphatic rings. The third-order valence-electron chi connectivity index (χ3n) is 5.25. The molecule has 0 saturated carbocycles. The molecule has 0 atom stereocenters. The predicted octanol–water partition coefficient (Wildman–Crippen LogP) is 5.41. The van der Waals surface area contributed by atoms with E-state index in [0.717, 1.165) is 17.7 Å². The molecule has 3 rings (SSSR count). The zero-order chi connectivity index (χ0) is 23.1. The fourth-order valence-corrected chi connectivity index (χ4v) is 3.79. The minimum atomic E-state index is -0.239. The van der Waals surface area contributed by atoms with Gasteiger partial charge in [0.25, 0.3) is 5.91 Å². The molecule has 0 aliphatic carbocycles. The van der Waals surface area contributed by atoms with Crippen molar-refractivity contribution in [2.75, 3.05) is 13.1 Å². The van der Waals surface area contributed by atoms with E-state index in [1.54, 1.807) is 28.0 Å². The molecule has 0 spiro atoms. The highest BCUT2D eigenvalue weighted by Gasteiger charge is 2.23. The lowest BCUT2D eigenvalue weighted by molar-refractivity contribution is -0.133. The lowest BCUT2D eigenvalue weighted by Crippen LogP contribution is -2.43. The van der Waals surface area contributed by atoms with Gasteiger partial charge in [0, 0.05) is 37.6 Å². The Morgan fingerprint density at radius 2 is 1.66 bits per heavy atom. The van der Waals surface area contributed by atoms with E-state index in [4.69, 9.17) is 23.2 Å². The SMILES string of the molecule is CCCN(CC(=O)N(Cc1ccccc1)Cc1cccn1C)C(=O)c1ccc(Cl)c(Cl)c1. The Morgan fingerprint density at radius 1 is 0.906 bits per heavy atom. The van der Waals surface area contributed by atoms with Gasteiger partial charge in [-0.25, -0.2) is 0 Å². The molecule has 168 valence electrons. The van der Waals surface area contributed by atoms with E-state index in [2.05, 4.69) is 0 Å². The van der Waals surface area contributed by atoms with Crippen LogP contribution in [0.25, 0.3) is 0 Å². The van der Waals surface area contributed by atoms with Crippen molar-refractivity contribution in [1.29, 1.82) is 0 Å². The number of halogens is 2. The van der Waals surface area contributed by atoms with Crippen LogP contribution < -0.4 is 0 Å². The largest absolute Gasteiger partial charge is 0.353 e. The fourth-order valence-electron chi connectivity index (χ4n) is 3.49. The molecule has 0 fully saturated rings. The van der Waals surface area contributed by atoms with Crippen LogP contribution >= 0.6 is 23.2 Å². The lowest BCUT2D eigenvalue weighted by atomic mass is 10.1. The summed E-state index contributed by atoms with van der Waals surface area (Å²) < 4.78 is 2.00. The summed E-state index contributed by atoms with van der Waals surface area (Å²) in [7, 11) is 1.96. The smallest absolute Gasteiger partial charge is 0.254 e. The average Bonchev–Trinajstić information content (AvgIpc) is 3.19. The van der Waals surface area contributed by atoms with Crippen LogP contribution in [0.15, 0.2) is 66.9 Å². The molecule has 1 heterocycles. The molecule has 0 N–H and O–H groups in total. The predicted molar refractivity (Wildman–Crippen MR) is 129 cm³/mol. The third-order valence-corrected chi connectivity index (χ3v) is 5.99. The summed E-state index contributed by atoms with van der Waals surface area (Å²) in [4.78, 5) is 29.9. The van der Waals surface area contributed by atoms with Gasteiger partial charge in [0.1, 0.15) is 6.54 Å². The Balaban J connectivity index is 1.81. The maximum atomic E-state index is 13.4. The van der Waals surface area contributed by atoms with Gasteiger partial charge in [-0.2, -0.15) is 0 Å². The number of hydrogen-bond donors (Lipinski definition) is 0. The van der Waals surface area contributed by atoms with Crippen LogP contribution in [0.2, 0.25) is 10.0 Å². The van der Waals surface area contributed by atoms with Crippen LogP contribution in [0.1, 0.15) is 35.0 Å². The van der Waals surface area contributed by atoms with E-state index in [-0.39, 0.29) is 18.4 Å². The molecule has 0 unspecified atom stereocenters. The molecule has 7 heteroatoms. The highest BCUT2D eigenvalue weighted by atomic mass is 35.5. The minimum Gasteiger partial charge on any atom is -0.353 e. The van der Waals surface area contributed by atoms with Gasteiger partial charge in [0.2, 0.25) is 5.91 Å². The molecule has 32 heavy (non-hydrogen) atoms. The van der Waals surface area contributed by atoms with Crippen molar-refractivity contribution in [3.8, 4) is 0 Å². The standard InChI is InChI=1S/C25H27Cl2N3O2/c1-3-13-29(25(32)20-11-12-22(26)23(27)15-20)18-24(31)30(16-19-8-5-4-6-9-19)17-21-10-7-14-28(21)2/h4-12,14-15H,3,13,16-18H2,1-2H3. The van der Waals surface area contributed by atoms with Crippen LogP contribution in [-0.2, 0) is 24.9 Å². The van der Waals surface area contributed by atoms with Crippen LogP contribution in [0.3, 0.4) is 0 Å². The number of nitrogens with zero attached hydrogens (tertiary/aromatic N) is 3. The highest BCUT2D eigenvalue weighted by Crippen LogP contribution is 2.23. The van der Waals surface area contributed by atoms with E-state index >= 15 is 0 Å². The fraction of sp³-hybridized carbons (Fsp3) is 0.280. The molecular formula is C25H27Cl2N3O2. The van der Waals surface area contributed by atoms with Crippen molar-refractivity contribution >= 4 is 35.0 Å². The molecule has 3 aromatic rings. The maximum Gasteiger partial charge on any atom is 0.254 e. The average molecular weight is 472 g/mol. The summed E-state index contributed by atoms with van der Waals surface area (Å²) in [6.45, 7) is 3.35. The number of benzene rings is 2. The van der Waals surface area contributed by atoms with Crippen molar-refractivity contribution in [2.45, 2.75) is 26.4 Å². The zero-order valence-corrected chi connectivity index (χ0v) is 19.8. The number of carbonyl (C=O) groups excluding carboxylic acids is 2. The van der Waals surface area contributed by atoms with Gasteiger partial charge >= 0.3 is 0 Å². The Labute approximate surface area is 199 Å². The van der Waals surface area contributed by atoms with Gasteiger partial charge in [-0.15, -0.1) is 0 Å². The van der Waals surface area contributed by atoms with Gasteiger partial charge in [-0.3, -0.25) is 9.59 Å². The molecule has 5 nitrogen and oxygen atoms in total. The second kappa shape index (κ2) is 11.2. The first-order valence-corrected chi connectivity index (χ1v) is 11.3. The molecule has 2 amide bonds. The second-order valence-electron chi connectivity index (χ2n) is 7.70. The van der Waals surface area contributed by atoms with Gasteiger partial charge in [-0.05, 0) is 42.3 Å². The molecule has 0 saturated heterocycles. The Hall–Kier alpha value is -2.76. The van der Waals surface area contributed by atoms with Crippen LogP contribution in [0.4, 0.5) is 0 Å². The van der Waals surface area contributed by atoms with Crippen LogP contribution in [0, 0.1) is 0 Å². The number of rotatable bonds is 9. The van der Waals surface area contributed by atoms with E-state index in [1.165, 1.54) is 0 Å². The maximum absolute atomic E-state index is 13.4. The van der Waals surface area contributed by atoms with Crippen molar-refractivity contribution < 1.29 is 9.59 Å². The molecule has 1 aromatic heterocycles. The Morgan fingerprint density at radius 3 is 2.28 bits per heavy atom. The van der Waals surface area contributed by atoms with Gasteiger partial charge < -0.3 is 14.4 Å². The normalized spacial score (nSPS) is 10.8. The van der Waals surface area contributed by atoms with Crippen molar-refractivity contribution in [2.24, 2.45) is 7.05 Å². The monoisotopic (exact) mass is 471 g/mol. The Kier molecular flexibility index (Phi) is 8.37. The molecule has 0 aliphatic heterocycles. The number of carbonyl (C=O) groups is 2. The minimum absolute atomic E-state index is 0.00975.